The van der Waals surface area contributed by atoms with Gasteiger partial charge < -0.3 is 0 Å². The van der Waals surface area contributed by atoms with Gasteiger partial charge in [0.2, 0.25) is 6.29 Å². The molecule has 0 spiro atoms. The minimum atomic E-state index is 0.583. The molecular weight excluding hydrogens is 323 g/mol. The van der Waals surface area contributed by atoms with Crippen molar-refractivity contribution in [1.82, 2.24) is 0 Å². The zero-order valence-corrected chi connectivity index (χ0v) is 14.0. The van der Waals surface area contributed by atoms with Gasteiger partial charge in [-0.3, -0.25) is 4.79 Å². The van der Waals surface area contributed by atoms with Crippen molar-refractivity contribution in [2.45, 2.75) is 30.4 Å². The summed E-state index contributed by atoms with van der Waals surface area (Å²) in [6, 6.07) is 11.4. The third-order valence-corrected chi connectivity index (χ3v) is 5.10. The summed E-state index contributed by atoms with van der Waals surface area (Å²) in [5.74, 6) is 0.637. The van der Waals surface area contributed by atoms with E-state index in [0.717, 1.165) is 28.9 Å². The first-order valence-electron chi connectivity index (χ1n) is 6.72. The first-order valence-corrected chi connectivity index (χ1v) is 8.46. The van der Waals surface area contributed by atoms with E-state index in [9.17, 15) is 4.79 Å². The number of benzene rings is 2. The third-order valence-electron chi connectivity index (χ3n) is 3.10. The predicted molar refractivity (Wildman–Crippen MR) is 91.3 cm³/mol. The van der Waals surface area contributed by atoms with Crippen LogP contribution in [0.25, 0.3) is 0 Å². The Morgan fingerprint density at radius 3 is 2.43 bits per heavy atom. The normalized spacial score (nSPS) is 10.6. The van der Waals surface area contributed by atoms with Gasteiger partial charge in [-0.1, -0.05) is 60.8 Å². The Kier molecular flexibility index (Phi) is 6.16. The summed E-state index contributed by atoms with van der Waals surface area (Å²) in [5.41, 5.74) is 2.67. The highest BCUT2D eigenvalue weighted by Crippen LogP contribution is 2.37. The number of rotatable bonds is 6. The van der Waals surface area contributed by atoms with Crippen molar-refractivity contribution in [1.29, 1.82) is 0 Å². The zero-order chi connectivity index (χ0) is 15.2. The Balaban J connectivity index is 2.18. The van der Waals surface area contributed by atoms with Crippen LogP contribution in [-0.2, 0) is 17.0 Å². The lowest BCUT2D eigenvalue weighted by atomic mass is 10.1. The van der Waals surface area contributed by atoms with E-state index in [1.165, 1.54) is 0 Å². The van der Waals surface area contributed by atoms with E-state index in [1.54, 1.807) is 17.8 Å². The Bertz CT molecular complexity index is 617. The van der Waals surface area contributed by atoms with E-state index in [0.29, 0.717) is 21.4 Å². The molecule has 0 amide bonds. The van der Waals surface area contributed by atoms with Crippen LogP contribution < -0.4 is 0 Å². The van der Waals surface area contributed by atoms with Crippen LogP contribution in [0.2, 0.25) is 10.0 Å². The molecule has 109 valence electrons. The lowest BCUT2D eigenvalue weighted by Gasteiger charge is -2.10. The highest BCUT2D eigenvalue weighted by atomic mass is 35.5. The maximum atomic E-state index is 10.9. The SMILES string of the molecule is CCCc1cc(Cl)c(SCc2ccccc2[C]=O)c(Cl)c1. The van der Waals surface area contributed by atoms with Crippen LogP contribution in [0.3, 0.4) is 0 Å². The number of hydrogen-bond acceptors (Lipinski definition) is 2. The van der Waals surface area contributed by atoms with Crippen molar-refractivity contribution in [3.05, 3.63) is 63.1 Å². The smallest absolute Gasteiger partial charge is 0.233 e. The van der Waals surface area contributed by atoms with Gasteiger partial charge >= 0.3 is 0 Å². The number of carbonyl (C=O) groups excluding carboxylic acids is 1. The average Bonchev–Trinajstić information content (AvgIpc) is 2.47. The van der Waals surface area contributed by atoms with Crippen molar-refractivity contribution in [2.24, 2.45) is 0 Å². The second-order valence-corrected chi connectivity index (χ2v) is 6.49. The van der Waals surface area contributed by atoms with Gasteiger partial charge in [-0.25, -0.2) is 0 Å². The molecule has 0 bridgehead atoms. The van der Waals surface area contributed by atoms with E-state index in [1.807, 2.05) is 36.6 Å². The lowest BCUT2D eigenvalue weighted by molar-refractivity contribution is 0.562. The molecule has 2 aromatic rings. The molecule has 2 aromatic carbocycles. The Morgan fingerprint density at radius 1 is 1.14 bits per heavy atom. The Labute approximate surface area is 139 Å². The summed E-state index contributed by atoms with van der Waals surface area (Å²) >= 11 is 14.2. The molecule has 21 heavy (non-hydrogen) atoms. The van der Waals surface area contributed by atoms with Gasteiger partial charge in [0.1, 0.15) is 0 Å². The first kappa shape index (κ1) is 16.4. The van der Waals surface area contributed by atoms with Gasteiger partial charge in [-0.15, -0.1) is 11.8 Å². The van der Waals surface area contributed by atoms with Crippen LogP contribution in [0.15, 0.2) is 41.3 Å². The first-order chi connectivity index (χ1) is 10.2. The number of thioether (sulfide) groups is 1. The summed E-state index contributed by atoms with van der Waals surface area (Å²) in [4.78, 5) is 11.8. The predicted octanol–water partition coefficient (Wildman–Crippen LogP) is 5.70. The van der Waals surface area contributed by atoms with Crippen LogP contribution in [0, 0.1) is 0 Å². The molecule has 0 aliphatic heterocycles. The minimum Gasteiger partial charge on any atom is -0.285 e. The van der Waals surface area contributed by atoms with Crippen molar-refractivity contribution >= 4 is 41.2 Å². The molecule has 0 N–H and O–H groups in total. The second-order valence-electron chi connectivity index (χ2n) is 4.69. The van der Waals surface area contributed by atoms with E-state index in [2.05, 4.69) is 6.92 Å². The van der Waals surface area contributed by atoms with E-state index in [4.69, 9.17) is 23.2 Å². The van der Waals surface area contributed by atoms with Crippen molar-refractivity contribution in [3.63, 3.8) is 0 Å². The van der Waals surface area contributed by atoms with Crippen molar-refractivity contribution < 1.29 is 4.79 Å². The van der Waals surface area contributed by atoms with Gasteiger partial charge in [-0.2, -0.15) is 0 Å². The fourth-order valence-electron chi connectivity index (χ4n) is 2.08. The Hall–Kier alpha value is -0.960. The van der Waals surface area contributed by atoms with Crippen LogP contribution in [-0.4, -0.2) is 6.29 Å². The molecule has 0 atom stereocenters. The molecule has 2 rings (SSSR count). The standard InChI is InChI=1S/C17H15Cl2OS/c1-2-5-12-8-15(18)17(16(19)9-12)21-11-14-7-4-3-6-13(14)10-20/h3-4,6-9H,2,5,11H2,1H3. The van der Waals surface area contributed by atoms with Crippen molar-refractivity contribution in [3.8, 4) is 0 Å². The maximum Gasteiger partial charge on any atom is 0.233 e. The zero-order valence-electron chi connectivity index (χ0n) is 11.7. The summed E-state index contributed by atoms with van der Waals surface area (Å²) in [6.07, 6.45) is 3.98. The van der Waals surface area contributed by atoms with Crippen LogP contribution in [0.5, 0.6) is 0 Å². The Morgan fingerprint density at radius 2 is 1.81 bits per heavy atom. The summed E-state index contributed by atoms with van der Waals surface area (Å²) < 4.78 is 0. The van der Waals surface area contributed by atoms with Gasteiger partial charge in [0.25, 0.3) is 0 Å². The largest absolute Gasteiger partial charge is 0.285 e. The molecule has 0 aromatic heterocycles. The van der Waals surface area contributed by atoms with Gasteiger partial charge in [0.15, 0.2) is 0 Å². The van der Waals surface area contributed by atoms with Crippen LogP contribution in [0.1, 0.15) is 30.0 Å². The van der Waals surface area contributed by atoms with Crippen LogP contribution in [0.4, 0.5) is 0 Å². The fraction of sp³-hybridized carbons (Fsp3) is 0.235. The molecule has 0 aliphatic rings. The van der Waals surface area contributed by atoms with Gasteiger partial charge in [-0.05, 0) is 29.7 Å². The molecule has 0 saturated carbocycles. The molecule has 0 saturated heterocycles. The quantitative estimate of drug-likeness (QED) is 0.629. The van der Waals surface area contributed by atoms with E-state index >= 15 is 0 Å². The molecule has 0 unspecified atom stereocenters. The third kappa shape index (κ3) is 4.26. The van der Waals surface area contributed by atoms with Crippen molar-refractivity contribution in [2.75, 3.05) is 0 Å². The molecule has 4 heteroatoms. The second kappa shape index (κ2) is 7.88. The molecule has 1 nitrogen and oxygen atoms in total. The summed E-state index contributed by atoms with van der Waals surface area (Å²) in [6.45, 7) is 2.12. The molecule has 0 heterocycles. The average molecular weight is 338 g/mol. The molecule has 0 fully saturated rings. The number of hydrogen-bond donors (Lipinski definition) is 0. The topological polar surface area (TPSA) is 17.1 Å². The molecule has 1 radical (unpaired) electrons. The maximum absolute atomic E-state index is 10.9. The highest BCUT2D eigenvalue weighted by molar-refractivity contribution is 7.98. The monoisotopic (exact) mass is 337 g/mol. The van der Waals surface area contributed by atoms with Gasteiger partial charge in [0.05, 0.1) is 10.0 Å². The number of halogens is 2. The molecular formula is C17H15Cl2OS. The van der Waals surface area contributed by atoms with Gasteiger partial charge in [0, 0.05) is 16.2 Å². The lowest BCUT2D eigenvalue weighted by Crippen LogP contribution is -1.91. The summed E-state index contributed by atoms with van der Waals surface area (Å²) in [7, 11) is 0. The minimum absolute atomic E-state index is 0.583. The fourth-order valence-corrected chi connectivity index (χ4v) is 3.88. The molecule has 0 aliphatic carbocycles. The van der Waals surface area contributed by atoms with Crippen LogP contribution >= 0.6 is 35.0 Å². The van der Waals surface area contributed by atoms with E-state index in [-0.39, 0.29) is 0 Å². The van der Waals surface area contributed by atoms with E-state index < -0.39 is 0 Å². The number of aryl methyl sites for hydroxylation is 1. The highest BCUT2D eigenvalue weighted by Gasteiger charge is 2.10. The summed E-state index contributed by atoms with van der Waals surface area (Å²) in [5, 5.41) is 1.34.